The fourth-order valence-electron chi connectivity index (χ4n) is 3.53. The second-order valence-corrected chi connectivity index (χ2v) is 8.51. The monoisotopic (exact) mass is 450 g/mol. The maximum Gasteiger partial charge on any atom is 0.274 e. The Morgan fingerprint density at radius 1 is 1.28 bits per heavy atom. The van der Waals surface area contributed by atoms with Crippen LogP contribution >= 0.6 is 11.3 Å². The van der Waals surface area contributed by atoms with Crippen molar-refractivity contribution in [3.8, 4) is 0 Å². The van der Waals surface area contributed by atoms with Crippen molar-refractivity contribution in [1.29, 1.82) is 0 Å². The molecule has 4 aromatic rings. The predicted octanol–water partition coefficient (Wildman–Crippen LogP) is 4.81. The standard InChI is InChI=1S/C23H23FN6OS/c1-15(2)21-18(26-14-29(21)3)7-6-17-13-32-23(27-17)28-22(31)19-5-4-10-30(19)12-16-8-9-25-20(24)11-16/h4-11,13-15H,12H2,1-3H3,(H,27,28,31). The number of anilines is 1. The molecule has 0 atom stereocenters. The summed E-state index contributed by atoms with van der Waals surface area (Å²) in [5.41, 5.74) is 3.99. The average molecular weight is 451 g/mol. The molecule has 0 unspecified atom stereocenters. The first-order chi connectivity index (χ1) is 15.4. The van der Waals surface area contributed by atoms with E-state index < -0.39 is 5.95 Å². The van der Waals surface area contributed by atoms with Gasteiger partial charge in [0.15, 0.2) is 5.13 Å². The molecule has 4 heterocycles. The van der Waals surface area contributed by atoms with Crippen LogP contribution in [0, 0.1) is 5.95 Å². The van der Waals surface area contributed by atoms with Gasteiger partial charge in [-0.2, -0.15) is 4.39 Å². The number of imidazole rings is 1. The maximum absolute atomic E-state index is 13.4. The first-order valence-corrected chi connectivity index (χ1v) is 11.0. The Morgan fingerprint density at radius 2 is 2.12 bits per heavy atom. The second kappa shape index (κ2) is 9.27. The van der Waals surface area contributed by atoms with Crippen molar-refractivity contribution in [2.45, 2.75) is 26.3 Å². The summed E-state index contributed by atoms with van der Waals surface area (Å²) < 4.78 is 17.1. The van der Waals surface area contributed by atoms with E-state index in [9.17, 15) is 9.18 Å². The summed E-state index contributed by atoms with van der Waals surface area (Å²) >= 11 is 1.35. The zero-order valence-electron chi connectivity index (χ0n) is 18.0. The number of aromatic nitrogens is 5. The van der Waals surface area contributed by atoms with Gasteiger partial charge < -0.3 is 9.13 Å². The number of rotatable bonds is 7. The largest absolute Gasteiger partial charge is 0.339 e. The molecule has 0 spiro atoms. The van der Waals surface area contributed by atoms with Crippen LogP contribution in [0.3, 0.4) is 0 Å². The van der Waals surface area contributed by atoms with E-state index in [0.29, 0.717) is 23.3 Å². The fourth-order valence-corrected chi connectivity index (χ4v) is 4.20. The summed E-state index contributed by atoms with van der Waals surface area (Å²) in [5, 5.41) is 5.22. The number of hydrogen-bond donors (Lipinski definition) is 1. The van der Waals surface area contributed by atoms with Gasteiger partial charge in [-0.05, 0) is 47.9 Å². The molecule has 0 saturated heterocycles. The summed E-state index contributed by atoms with van der Waals surface area (Å²) in [6.07, 6.45) is 8.82. The molecule has 4 rings (SSSR count). The van der Waals surface area contributed by atoms with Crippen molar-refractivity contribution in [2.75, 3.05) is 5.32 Å². The summed E-state index contributed by atoms with van der Waals surface area (Å²) in [5.74, 6) is -0.469. The molecule has 0 aliphatic carbocycles. The van der Waals surface area contributed by atoms with Crippen LogP contribution in [0.25, 0.3) is 12.2 Å². The van der Waals surface area contributed by atoms with Crippen LogP contribution < -0.4 is 5.32 Å². The molecule has 0 bridgehead atoms. The molecule has 0 aliphatic rings. The summed E-state index contributed by atoms with van der Waals surface area (Å²) in [4.78, 5) is 25.3. The van der Waals surface area contributed by atoms with E-state index >= 15 is 0 Å². The highest BCUT2D eigenvalue weighted by atomic mass is 32.1. The highest BCUT2D eigenvalue weighted by Gasteiger charge is 2.14. The molecular formula is C23H23FN6OS. The van der Waals surface area contributed by atoms with Crippen LogP contribution in [-0.4, -0.2) is 30.0 Å². The number of thiazole rings is 1. The number of hydrogen-bond acceptors (Lipinski definition) is 5. The molecule has 0 fully saturated rings. The lowest BCUT2D eigenvalue weighted by molar-refractivity contribution is 0.101. The topological polar surface area (TPSA) is 77.6 Å². The second-order valence-electron chi connectivity index (χ2n) is 7.65. The van der Waals surface area contributed by atoms with Crippen molar-refractivity contribution < 1.29 is 9.18 Å². The SMILES string of the molecule is CC(C)c1c(C=Cc2csc(NC(=O)c3cccn3Cc3ccnc(F)c3)n2)ncn1C. The smallest absolute Gasteiger partial charge is 0.274 e. The molecule has 7 nitrogen and oxygen atoms in total. The number of pyridine rings is 1. The third-order valence-electron chi connectivity index (χ3n) is 4.92. The summed E-state index contributed by atoms with van der Waals surface area (Å²) in [6, 6.07) is 6.57. The zero-order valence-corrected chi connectivity index (χ0v) is 18.8. The normalized spacial score (nSPS) is 11.5. The Labute approximate surface area is 189 Å². The number of nitrogens with zero attached hydrogens (tertiary/aromatic N) is 5. The van der Waals surface area contributed by atoms with Crippen LogP contribution in [0.4, 0.5) is 9.52 Å². The van der Waals surface area contributed by atoms with Crippen molar-refractivity contribution in [2.24, 2.45) is 7.05 Å². The van der Waals surface area contributed by atoms with Gasteiger partial charge in [-0.3, -0.25) is 10.1 Å². The van der Waals surface area contributed by atoms with E-state index in [2.05, 4.69) is 34.1 Å². The lowest BCUT2D eigenvalue weighted by Crippen LogP contribution is -2.17. The summed E-state index contributed by atoms with van der Waals surface area (Å²) in [6.45, 7) is 4.63. The minimum absolute atomic E-state index is 0.277. The molecule has 4 aromatic heterocycles. The van der Waals surface area contributed by atoms with Gasteiger partial charge in [0.2, 0.25) is 5.95 Å². The zero-order chi connectivity index (χ0) is 22.7. The van der Waals surface area contributed by atoms with Crippen molar-refractivity contribution in [3.05, 3.63) is 82.7 Å². The van der Waals surface area contributed by atoms with Crippen LogP contribution in [0.5, 0.6) is 0 Å². The van der Waals surface area contributed by atoms with Gasteiger partial charge in [0.1, 0.15) is 5.69 Å². The van der Waals surface area contributed by atoms with Crippen molar-refractivity contribution >= 4 is 34.5 Å². The number of carbonyl (C=O) groups excluding carboxylic acids is 1. The van der Waals surface area contributed by atoms with Crippen LogP contribution in [0.15, 0.2) is 48.4 Å². The van der Waals surface area contributed by atoms with Gasteiger partial charge in [0, 0.05) is 37.1 Å². The van der Waals surface area contributed by atoms with Crippen LogP contribution in [-0.2, 0) is 13.6 Å². The predicted molar refractivity (Wildman–Crippen MR) is 124 cm³/mol. The van der Waals surface area contributed by atoms with E-state index in [1.165, 1.54) is 23.6 Å². The molecule has 1 amide bonds. The summed E-state index contributed by atoms with van der Waals surface area (Å²) in [7, 11) is 1.98. The van der Waals surface area contributed by atoms with E-state index in [-0.39, 0.29) is 5.91 Å². The number of carbonyl (C=O) groups is 1. The molecule has 0 aliphatic heterocycles. The van der Waals surface area contributed by atoms with Gasteiger partial charge in [0.05, 0.1) is 17.7 Å². The number of nitrogens with one attached hydrogen (secondary N) is 1. The molecule has 0 aromatic carbocycles. The Bertz CT molecular complexity index is 1270. The third-order valence-corrected chi connectivity index (χ3v) is 5.70. The number of amides is 1. The van der Waals surface area contributed by atoms with Crippen molar-refractivity contribution in [1.82, 2.24) is 24.1 Å². The van der Waals surface area contributed by atoms with Gasteiger partial charge in [0.25, 0.3) is 5.91 Å². The maximum atomic E-state index is 13.4. The van der Waals surface area contributed by atoms with Gasteiger partial charge in [-0.15, -0.1) is 11.3 Å². The van der Waals surface area contributed by atoms with E-state index in [1.54, 1.807) is 35.3 Å². The van der Waals surface area contributed by atoms with E-state index in [4.69, 9.17) is 0 Å². The Kier molecular flexibility index (Phi) is 6.27. The first kappa shape index (κ1) is 21.6. The van der Waals surface area contributed by atoms with Crippen LogP contribution in [0.2, 0.25) is 0 Å². The molecule has 164 valence electrons. The van der Waals surface area contributed by atoms with Gasteiger partial charge >= 0.3 is 0 Å². The number of aryl methyl sites for hydroxylation is 1. The Morgan fingerprint density at radius 3 is 2.91 bits per heavy atom. The molecule has 0 radical (unpaired) electrons. The lowest BCUT2D eigenvalue weighted by atomic mass is 10.1. The van der Waals surface area contributed by atoms with Gasteiger partial charge in [-0.25, -0.2) is 15.0 Å². The molecule has 32 heavy (non-hydrogen) atoms. The first-order valence-electron chi connectivity index (χ1n) is 10.1. The third kappa shape index (κ3) is 4.83. The van der Waals surface area contributed by atoms with E-state index in [0.717, 1.165) is 22.6 Å². The lowest BCUT2D eigenvalue weighted by Gasteiger charge is -2.09. The highest BCUT2D eigenvalue weighted by Crippen LogP contribution is 2.22. The Hall–Kier alpha value is -3.59. The van der Waals surface area contributed by atoms with Gasteiger partial charge in [-0.1, -0.05) is 13.8 Å². The molecule has 0 saturated carbocycles. The minimum atomic E-state index is -0.546. The molecule has 1 N–H and O–H groups in total. The fraction of sp³-hybridized carbons (Fsp3) is 0.217. The average Bonchev–Trinajstić information content (AvgIpc) is 3.46. The number of halogens is 1. The van der Waals surface area contributed by atoms with E-state index in [1.807, 2.05) is 29.1 Å². The van der Waals surface area contributed by atoms with Crippen molar-refractivity contribution in [3.63, 3.8) is 0 Å². The van der Waals surface area contributed by atoms with Crippen LogP contribution in [0.1, 0.15) is 52.9 Å². The quantitative estimate of drug-likeness (QED) is 0.410. The molecular weight excluding hydrogens is 427 g/mol. The minimum Gasteiger partial charge on any atom is -0.339 e. The molecule has 9 heteroatoms. The Balaban J connectivity index is 1.44. The highest BCUT2D eigenvalue weighted by molar-refractivity contribution is 7.14.